The standard InChI is InChI=1S/C14H27N3O/c1-16-7-3-4-12(10-16)8-14(18)17(2)11-13-5-6-15-9-13/h12-13,15H,3-11H2,1-2H3. The number of carbonyl (C=O) groups excluding carboxylic acids is 1. The van der Waals surface area contributed by atoms with Crippen LogP contribution in [-0.2, 0) is 4.79 Å². The van der Waals surface area contributed by atoms with Gasteiger partial charge < -0.3 is 15.1 Å². The lowest BCUT2D eigenvalue weighted by molar-refractivity contribution is -0.131. The Morgan fingerprint density at radius 1 is 1.39 bits per heavy atom. The van der Waals surface area contributed by atoms with Gasteiger partial charge in [0.15, 0.2) is 0 Å². The van der Waals surface area contributed by atoms with Gasteiger partial charge in [0.25, 0.3) is 0 Å². The molecule has 1 N–H and O–H groups in total. The highest BCUT2D eigenvalue weighted by Crippen LogP contribution is 2.19. The van der Waals surface area contributed by atoms with Gasteiger partial charge in [0, 0.05) is 26.6 Å². The smallest absolute Gasteiger partial charge is 0.222 e. The molecular formula is C14H27N3O. The minimum Gasteiger partial charge on any atom is -0.345 e. The topological polar surface area (TPSA) is 35.6 Å². The summed E-state index contributed by atoms with van der Waals surface area (Å²) in [7, 11) is 4.12. The summed E-state index contributed by atoms with van der Waals surface area (Å²) in [6.07, 6.45) is 4.41. The molecule has 104 valence electrons. The molecule has 2 saturated heterocycles. The van der Waals surface area contributed by atoms with Crippen molar-refractivity contribution >= 4 is 5.91 Å². The molecule has 0 spiro atoms. The third kappa shape index (κ3) is 3.95. The lowest BCUT2D eigenvalue weighted by Gasteiger charge is -2.30. The first-order chi connectivity index (χ1) is 8.65. The molecule has 0 aromatic heterocycles. The highest BCUT2D eigenvalue weighted by Gasteiger charge is 2.23. The van der Waals surface area contributed by atoms with Gasteiger partial charge in [-0.2, -0.15) is 0 Å². The number of nitrogens with zero attached hydrogens (tertiary/aromatic N) is 2. The Hall–Kier alpha value is -0.610. The van der Waals surface area contributed by atoms with E-state index < -0.39 is 0 Å². The first-order valence-corrected chi connectivity index (χ1v) is 7.28. The van der Waals surface area contributed by atoms with Crippen LogP contribution >= 0.6 is 0 Å². The first-order valence-electron chi connectivity index (χ1n) is 7.28. The zero-order valence-electron chi connectivity index (χ0n) is 11.8. The maximum absolute atomic E-state index is 12.2. The molecule has 0 aromatic rings. The predicted molar refractivity (Wildman–Crippen MR) is 73.5 cm³/mol. The SMILES string of the molecule is CN1CCCC(CC(=O)N(C)CC2CCNC2)C1. The van der Waals surface area contributed by atoms with Crippen LogP contribution in [0.2, 0.25) is 0 Å². The summed E-state index contributed by atoms with van der Waals surface area (Å²) < 4.78 is 0. The van der Waals surface area contributed by atoms with Gasteiger partial charge in [-0.3, -0.25) is 4.79 Å². The van der Waals surface area contributed by atoms with Crippen LogP contribution in [0.5, 0.6) is 0 Å². The van der Waals surface area contributed by atoms with Crippen LogP contribution in [-0.4, -0.2) is 62.5 Å². The summed E-state index contributed by atoms with van der Waals surface area (Å²) in [5, 5.41) is 3.36. The highest BCUT2D eigenvalue weighted by molar-refractivity contribution is 5.76. The maximum atomic E-state index is 12.2. The first kappa shape index (κ1) is 13.8. The Morgan fingerprint density at radius 3 is 2.89 bits per heavy atom. The van der Waals surface area contributed by atoms with E-state index in [1.807, 2.05) is 11.9 Å². The summed E-state index contributed by atoms with van der Waals surface area (Å²) in [6.45, 7) is 5.39. The zero-order valence-corrected chi connectivity index (χ0v) is 11.8. The lowest BCUT2D eigenvalue weighted by Crippen LogP contribution is -2.37. The van der Waals surface area contributed by atoms with Crippen LogP contribution in [0, 0.1) is 11.8 Å². The molecule has 2 heterocycles. The highest BCUT2D eigenvalue weighted by atomic mass is 16.2. The zero-order chi connectivity index (χ0) is 13.0. The Kier molecular flexibility index (Phi) is 5.01. The van der Waals surface area contributed by atoms with E-state index in [1.165, 1.54) is 25.8 Å². The van der Waals surface area contributed by atoms with E-state index in [1.54, 1.807) is 0 Å². The van der Waals surface area contributed by atoms with Gasteiger partial charge in [-0.1, -0.05) is 0 Å². The molecule has 0 aromatic carbocycles. The Labute approximate surface area is 111 Å². The largest absolute Gasteiger partial charge is 0.345 e. The lowest BCUT2D eigenvalue weighted by atomic mass is 9.94. The number of nitrogens with one attached hydrogen (secondary N) is 1. The number of amides is 1. The summed E-state index contributed by atoms with van der Waals surface area (Å²) in [5.74, 6) is 1.57. The molecule has 2 atom stereocenters. The van der Waals surface area contributed by atoms with Crippen molar-refractivity contribution in [2.24, 2.45) is 11.8 Å². The van der Waals surface area contributed by atoms with Crippen LogP contribution in [0.25, 0.3) is 0 Å². The quantitative estimate of drug-likeness (QED) is 0.804. The molecule has 0 radical (unpaired) electrons. The molecule has 2 unspecified atom stereocenters. The second-order valence-electron chi connectivity index (χ2n) is 6.11. The summed E-state index contributed by atoms with van der Waals surface area (Å²) in [5.41, 5.74) is 0. The number of rotatable bonds is 4. The third-order valence-corrected chi connectivity index (χ3v) is 4.31. The molecule has 2 aliphatic rings. The second kappa shape index (κ2) is 6.53. The van der Waals surface area contributed by atoms with Gasteiger partial charge >= 0.3 is 0 Å². The van der Waals surface area contributed by atoms with E-state index >= 15 is 0 Å². The molecule has 1 amide bonds. The fourth-order valence-corrected chi connectivity index (χ4v) is 3.20. The maximum Gasteiger partial charge on any atom is 0.222 e. The van der Waals surface area contributed by atoms with Crippen molar-refractivity contribution in [3.8, 4) is 0 Å². The fourth-order valence-electron chi connectivity index (χ4n) is 3.20. The second-order valence-corrected chi connectivity index (χ2v) is 6.11. The number of piperidine rings is 1. The number of likely N-dealkylation sites (tertiary alicyclic amines) is 1. The van der Waals surface area contributed by atoms with Crippen LogP contribution in [0.3, 0.4) is 0 Å². The van der Waals surface area contributed by atoms with Gasteiger partial charge in [-0.15, -0.1) is 0 Å². The molecule has 2 aliphatic heterocycles. The van der Waals surface area contributed by atoms with E-state index in [0.29, 0.717) is 17.7 Å². The molecule has 18 heavy (non-hydrogen) atoms. The minimum absolute atomic E-state index is 0.335. The van der Waals surface area contributed by atoms with Gasteiger partial charge in [-0.05, 0) is 57.8 Å². The van der Waals surface area contributed by atoms with Crippen LogP contribution in [0.4, 0.5) is 0 Å². The fraction of sp³-hybridized carbons (Fsp3) is 0.929. The monoisotopic (exact) mass is 253 g/mol. The van der Waals surface area contributed by atoms with E-state index in [4.69, 9.17) is 0 Å². The average molecular weight is 253 g/mol. The van der Waals surface area contributed by atoms with Crippen molar-refractivity contribution in [1.29, 1.82) is 0 Å². The van der Waals surface area contributed by atoms with Crippen LogP contribution < -0.4 is 5.32 Å². The predicted octanol–water partition coefficient (Wildman–Crippen LogP) is 0.786. The van der Waals surface area contributed by atoms with E-state index in [-0.39, 0.29) is 0 Å². The average Bonchev–Trinajstić information content (AvgIpc) is 2.81. The molecule has 0 saturated carbocycles. The Bertz CT molecular complexity index is 276. The van der Waals surface area contributed by atoms with E-state index in [0.717, 1.165) is 32.6 Å². The Balaban J connectivity index is 1.72. The number of carbonyl (C=O) groups is 1. The van der Waals surface area contributed by atoms with Crippen molar-refractivity contribution in [2.45, 2.75) is 25.7 Å². The van der Waals surface area contributed by atoms with Crippen molar-refractivity contribution in [2.75, 3.05) is 46.8 Å². The normalized spacial score (nSPS) is 29.4. The van der Waals surface area contributed by atoms with E-state index in [2.05, 4.69) is 17.3 Å². The molecule has 0 bridgehead atoms. The molecule has 2 fully saturated rings. The van der Waals surface area contributed by atoms with Crippen LogP contribution in [0.15, 0.2) is 0 Å². The Morgan fingerprint density at radius 2 is 2.22 bits per heavy atom. The van der Waals surface area contributed by atoms with Gasteiger partial charge in [0.1, 0.15) is 0 Å². The summed E-state index contributed by atoms with van der Waals surface area (Å²) in [4.78, 5) is 16.5. The third-order valence-electron chi connectivity index (χ3n) is 4.31. The van der Waals surface area contributed by atoms with Gasteiger partial charge in [0.2, 0.25) is 5.91 Å². The molecule has 4 nitrogen and oxygen atoms in total. The minimum atomic E-state index is 0.335. The van der Waals surface area contributed by atoms with Crippen molar-refractivity contribution in [3.63, 3.8) is 0 Å². The van der Waals surface area contributed by atoms with Crippen molar-refractivity contribution < 1.29 is 4.79 Å². The number of hydrogen-bond acceptors (Lipinski definition) is 3. The summed E-state index contributed by atoms with van der Waals surface area (Å²) >= 11 is 0. The molecule has 4 heteroatoms. The van der Waals surface area contributed by atoms with E-state index in [9.17, 15) is 4.79 Å². The summed E-state index contributed by atoms with van der Waals surface area (Å²) in [6, 6.07) is 0. The van der Waals surface area contributed by atoms with Crippen molar-refractivity contribution in [3.05, 3.63) is 0 Å². The van der Waals surface area contributed by atoms with Gasteiger partial charge in [-0.25, -0.2) is 0 Å². The van der Waals surface area contributed by atoms with Gasteiger partial charge in [0.05, 0.1) is 0 Å². The molecule has 0 aliphatic carbocycles. The molecular weight excluding hydrogens is 226 g/mol. The molecule has 2 rings (SSSR count). The van der Waals surface area contributed by atoms with Crippen molar-refractivity contribution in [1.82, 2.24) is 15.1 Å². The number of hydrogen-bond donors (Lipinski definition) is 1. The van der Waals surface area contributed by atoms with Crippen LogP contribution in [0.1, 0.15) is 25.7 Å².